The SMILES string of the molecule is CC(C)[C@@H](N)c1ccc(C(F)F)c(F)c1.Cl. The van der Waals surface area contributed by atoms with E-state index in [0.717, 1.165) is 12.1 Å². The highest BCUT2D eigenvalue weighted by Gasteiger charge is 2.16. The minimum Gasteiger partial charge on any atom is -0.324 e. The largest absolute Gasteiger partial charge is 0.324 e. The summed E-state index contributed by atoms with van der Waals surface area (Å²) in [6, 6.07) is 3.31. The van der Waals surface area contributed by atoms with Gasteiger partial charge in [0.1, 0.15) is 5.82 Å². The maximum atomic E-state index is 13.2. The summed E-state index contributed by atoms with van der Waals surface area (Å²) in [6.45, 7) is 3.78. The van der Waals surface area contributed by atoms with Crippen molar-refractivity contribution in [3.05, 3.63) is 35.1 Å². The highest BCUT2D eigenvalue weighted by molar-refractivity contribution is 5.85. The molecule has 0 saturated heterocycles. The summed E-state index contributed by atoms with van der Waals surface area (Å²) in [5, 5.41) is 0. The molecule has 0 aliphatic rings. The van der Waals surface area contributed by atoms with E-state index in [9.17, 15) is 13.2 Å². The van der Waals surface area contributed by atoms with Crippen molar-refractivity contribution in [2.45, 2.75) is 26.3 Å². The van der Waals surface area contributed by atoms with Crippen LogP contribution in [0.5, 0.6) is 0 Å². The molecule has 0 fully saturated rings. The lowest BCUT2D eigenvalue weighted by atomic mass is 9.96. The van der Waals surface area contributed by atoms with E-state index >= 15 is 0 Å². The summed E-state index contributed by atoms with van der Waals surface area (Å²) >= 11 is 0. The topological polar surface area (TPSA) is 26.0 Å². The van der Waals surface area contributed by atoms with Gasteiger partial charge in [0.05, 0.1) is 5.56 Å². The molecule has 1 aromatic carbocycles. The maximum absolute atomic E-state index is 13.2. The van der Waals surface area contributed by atoms with E-state index in [2.05, 4.69) is 0 Å². The molecule has 0 aliphatic heterocycles. The molecule has 1 rings (SSSR count). The summed E-state index contributed by atoms with van der Waals surface area (Å²) in [6.07, 6.45) is -2.78. The second-order valence-electron chi connectivity index (χ2n) is 3.85. The van der Waals surface area contributed by atoms with Gasteiger partial charge in [-0.05, 0) is 17.5 Å². The Hall–Kier alpha value is -0.740. The van der Waals surface area contributed by atoms with Gasteiger partial charge in [-0.2, -0.15) is 0 Å². The van der Waals surface area contributed by atoms with Gasteiger partial charge in [-0.1, -0.05) is 26.0 Å². The van der Waals surface area contributed by atoms with Gasteiger partial charge in [0, 0.05) is 6.04 Å². The predicted molar refractivity (Wildman–Crippen MR) is 60.4 cm³/mol. The molecule has 1 aromatic rings. The normalized spacial score (nSPS) is 12.8. The molecule has 0 amide bonds. The summed E-state index contributed by atoms with van der Waals surface area (Å²) < 4.78 is 37.7. The van der Waals surface area contributed by atoms with Crippen LogP contribution in [-0.2, 0) is 0 Å². The summed E-state index contributed by atoms with van der Waals surface area (Å²) in [5.74, 6) is -0.750. The van der Waals surface area contributed by atoms with Crippen molar-refractivity contribution in [3.8, 4) is 0 Å². The molecular formula is C11H15ClF3N. The molecule has 1 nitrogen and oxygen atoms in total. The number of alkyl halides is 2. The van der Waals surface area contributed by atoms with Crippen molar-refractivity contribution in [2.24, 2.45) is 11.7 Å². The lowest BCUT2D eigenvalue weighted by Crippen LogP contribution is -2.17. The molecule has 0 saturated carbocycles. The fourth-order valence-electron chi connectivity index (χ4n) is 1.31. The van der Waals surface area contributed by atoms with E-state index in [4.69, 9.17) is 5.73 Å². The Balaban J connectivity index is 0.00000225. The first-order valence-corrected chi connectivity index (χ1v) is 4.76. The number of nitrogens with two attached hydrogens (primary N) is 1. The fourth-order valence-corrected chi connectivity index (χ4v) is 1.31. The number of hydrogen-bond donors (Lipinski definition) is 1. The molecule has 0 spiro atoms. The van der Waals surface area contributed by atoms with Crippen molar-refractivity contribution in [3.63, 3.8) is 0 Å². The quantitative estimate of drug-likeness (QED) is 0.870. The van der Waals surface area contributed by atoms with Crippen LogP contribution in [0.2, 0.25) is 0 Å². The second kappa shape index (κ2) is 6.11. The molecule has 0 aliphatic carbocycles. The second-order valence-corrected chi connectivity index (χ2v) is 3.85. The third kappa shape index (κ3) is 3.39. The first-order valence-electron chi connectivity index (χ1n) is 4.76. The standard InChI is InChI=1S/C11H14F3N.ClH/c1-6(2)10(15)7-3-4-8(11(13)14)9(12)5-7;/h3-6,10-11H,15H2,1-2H3;1H/t10-;/m1./s1. The molecule has 0 unspecified atom stereocenters. The van der Waals surface area contributed by atoms with Crippen LogP contribution in [0.15, 0.2) is 18.2 Å². The summed E-state index contributed by atoms with van der Waals surface area (Å²) in [7, 11) is 0. The molecule has 0 bridgehead atoms. The van der Waals surface area contributed by atoms with Crippen molar-refractivity contribution in [2.75, 3.05) is 0 Å². The third-order valence-electron chi connectivity index (χ3n) is 2.36. The van der Waals surface area contributed by atoms with Gasteiger partial charge in [-0.25, -0.2) is 13.2 Å². The highest BCUT2D eigenvalue weighted by atomic mass is 35.5. The van der Waals surface area contributed by atoms with Crippen molar-refractivity contribution in [1.82, 2.24) is 0 Å². The van der Waals surface area contributed by atoms with Crippen LogP contribution in [0.4, 0.5) is 13.2 Å². The first kappa shape index (κ1) is 15.3. The third-order valence-corrected chi connectivity index (χ3v) is 2.36. The zero-order valence-electron chi connectivity index (χ0n) is 9.08. The Labute approximate surface area is 99.2 Å². The van der Waals surface area contributed by atoms with Gasteiger partial charge in [0.25, 0.3) is 6.43 Å². The molecule has 0 radical (unpaired) electrons. The van der Waals surface area contributed by atoms with E-state index in [1.54, 1.807) is 0 Å². The number of hydrogen-bond acceptors (Lipinski definition) is 1. The zero-order chi connectivity index (χ0) is 11.6. The fraction of sp³-hybridized carbons (Fsp3) is 0.455. The lowest BCUT2D eigenvalue weighted by molar-refractivity contribution is 0.146. The number of benzene rings is 1. The smallest absolute Gasteiger partial charge is 0.266 e. The molecular weight excluding hydrogens is 239 g/mol. The minimum absolute atomic E-state index is 0. The van der Waals surface area contributed by atoms with Crippen molar-refractivity contribution >= 4 is 12.4 Å². The Morgan fingerprint density at radius 1 is 1.19 bits per heavy atom. The van der Waals surface area contributed by atoms with E-state index in [0.29, 0.717) is 5.56 Å². The summed E-state index contributed by atoms with van der Waals surface area (Å²) in [4.78, 5) is 0. The van der Waals surface area contributed by atoms with Gasteiger partial charge in [-0.3, -0.25) is 0 Å². The highest BCUT2D eigenvalue weighted by Crippen LogP contribution is 2.26. The van der Waals surface area contributed by atoms with E-state index in [1.807, 2.05) is 13.8 Å². The van der Waals surface area contributed by atoms with Crippen molar-refractivity contribution < 1.29 is 13.2 Å². The number of halogens is 4. The van der Waals surface area contributed by atoms with Crippen LogP contribution in [0.1, 0.15) is 37.4 Å². The van der Waals surface area contributed by atoms with Gasteiger partial charge in [-0.15, -0.1) is 12.4 Å². The summed E-state index contributed by atoms with van der Waals surface area (Å²) in [5.41, 5.74) is 5.75. The maximum Gasteiger partial charge on any atom is 0.266 e. The van der Waals surface area contributed by atoms with Gasteiger partial charge < -0.3 is 5.73 Å². The molecule has 92 valence electrons. The lowest BCUT2D eigenvalue weighted by Gasteiger charge is -2.16. The molecule has 16 heavy (non-hydrogen) atoms. The molecule has 5 heteroatoms. The monoisotopic (exact) mass is 253 g/mol. The van der Waals surface area contributed by atoms with Gasteiger partial charge in [0.2, 0.25) is 0 Å². The van der Waals surface area contributed by atoms with Crippen LogP contribution in [0.25, 0.3) is 0 Å². The predicted octanol–water partition coefficient (Wildman–Crippen LogP) is 3.84. The Kier molecular flexibility index (Phi) is 5.83. The van der Waals surface area contributed by atoms with Crippen LogP contribution in [0, 0.1) is 11.7 Å². The van der Waals surface area contributed by atoms with E-state index in [1.165, 1.54) is 6.07 Å². The van der Waals surface area contributed by atoms with Crippen LogP contribution in [0.3, 0.4) is 0 Å². The minimum atomic E-state index is -2.78. The van der Waals surface area contributed by atoms with Gasteiger partial charge >= 0.3 is 0 Å². The zero-order valence-corrected chi connectivity index (χ0v) is 9.90. The molecule has 2 N–H and O–H groups in total. The van der Waals surface area contributed by atoms with Crippen molar-refractivity contribution in [1.29, 1.82) is 0 Å². The van der Waals surface area contributed by atoms with Crippen LogP contribution < -0.4 is 5.73 Å². The Morgan fingerprint density at radius 2 is 1.75 bits per heavy atom. The molecule has 0 heterocycles. The van der Waals surface area contributed by atoms with E-state index < -0.39 is 17.8 Å². The van der Waals surface area contributed by atoms with Crippen LogP contribution >= 0.6 is 12.4 Å². The molecule has 0 aromatic heterocycles. The Bertz CT molecular complexity index is 342. The molecule has 1 atom stereocenters. The Morgan fingerprint density at radius 3 is 2.12 bits per heavy atom. The van der Waals surface area contributed by atoms with Crippen LogP contribution in [-0.4, -0.2) is 0 Å². The average molecular weight is 254 g/mol. The van der Waals surface area contributed by atoms with Gasteiger partial charge in [0.15, 0.2) is 0 Å². The van der Waals surface area contributed by atoms with E-state index in [-0.39, 0.29) is 24.4 Å². The average Bonchev–Trinajstić information content (AvgIpc) is 2.15. The first-order chi connectivity index (χ1) is 6.93. The number of rotatable bonds is 3.